The van der Waals surface area contributed by atoms with Gasteiger partial charge in [-0.25, -0.2) is 8.42 Å². The van der Waals surface area contributed by atoms with Crippen LogP contribution in [0.15, 0.2) is 24.5 Å². The monoisotopic (exact) mass is 245 g/mol. The van der Waals surface area contributed by atoms with Gasteiger partial charge in [0, 0.05) is 11.6 Å². The SMILES string of the molecule is O=C(O)CCS(=O)(=O)Cc1ccc[n+]([O-])c1. The van der Waals surface area contributed by atoms with E-state index in [-0.39, 0.29) is 5.75 Å². The van der Waals surface area contributed by atoms with Crippen molar-refractivity contribution in [3.63, 3.8) is 0 Å². The fraction of sp³-hybridized carbons (Fsp3) is 0.333. The van der Waals surface area contributed by atoms with E-state index in [1.54, 1.807) is 0 Å². The molecule has 16 heavy (non-hydrogen) atoms. The van der Waals surface area contributed by atoms with Crippen molar-refractivity contribution in [2.75, 3.05) is 5.75 Å². The van der Waals surface area contributed by atoms with Crippen LogP contribution >= 0.6 is 0 Å². The number of sulfone groups is 1. The van der Waals surface area contributed by atoms with Gasteiger partial charge in [0.1, 0.15) is 0 Å². The summed E-state index contributed by atoms with van der Waals surface area (Å²) in [6.07, 6.45) is 1.97. The lowest BCUT2D eigenvalue weighted by Crippen LogP contribution is -2.25. The van der Waals surface area contributed by atoms with Crippen LogP contribution in [0.2, 0.25) is 0 Å². The molecule has 1 rings (SSSR count). The zero-order chi connectivity index (χ0) is 12.2. The van der Waals surface area contributed by atoms with Gasteiger partial charge in [-0.3, -0.25) is 4.79 Å². The standard InChI is InChI=1S/C9H11NO5S/c11-9(12)3-5-16(14,15)7-8-2-1-4-10(13)6-8/h1-2,4,6H,3,5,7H2,(H,11,12). The molecule has 0 aliphatic rings. The number of hydrogen-bond acceptors (Lipinski definition) is 4. The third kappa shape index (κ3) is 4.26. The average molecular weight is 245 g/mol. The molecule has 1 aromatic rings. The average Bonchev–Trinajstić information content (AvgIpc) is 2.14. The third-order valence-electron chi connectivity index (χ3n) is 1.85. The van der Waals surface area contributed by atoms with Crippen LogP contribution in [0, 0.1) is 5.21 Å². The molecule has 0 amide bonds. The second kappa shape index (κ2) is 4.93. The molecule has 7 heteroatoms. The quantitative estimate of drug-likeness (QED) is 0.567. The predicted octanol–water partition coefficient (Wildman–Crippen LogP) is -0.290. The van der Waals surface area contributed by atoms with E-state index < -0.39 is 28.0 Å². The van der Waals surface area contributed by atoms with Crippen LogP contribution < -0.4 is 4.73 Å². The minimum atomic E-state index is -3.48. The van der Waals surface area contributed by atoms with Gasteiger partial charge < -0.3 is 10.3 Å². The van der Waals surface area contributed by atoms with Gasteiger partial charge in [0.05, 0.1) is 17.9 Å². The van der Waals surface area contributed by atoms with Crippen LogP contribution in [0.25, 0.3) is 0 Å². The first kappa shape index (κ1) is 12.4. The summed E-state index contributed by atoms with van der Waals surface area (Å²) in [6, 6.07) is 2.95. The first-order valence-corrected chi connectivity index (χ1v) is 6.31. The lowest BCUT2D eigenvalue weighted by molar-refractivity contribution is -0.605. The second-order valence-corrected chi connectivity index (χ2v) is 5.49. The number of carbonyl (C=O) groups is 1. The van der Waals surface area contributed by atoms with Crippen molar-refractivity contribution in [3.8, 4) is 0 Å². The molecule has 6 nitrogen and oxygen atoms in total. The summed E-state index contributed by atoms with van der Waals surface area (Å²) >= 11 is 0. The molecule has 0 atom stereocenters. The Morgan fingerprint density at radius 3 is 2.75 bits per heavy atom. The fourth-order valence-electron chi connectivity index (χ4n) is 1.16. The van der Waals surface area contributed by atoms with Gasteiger partial charge in [-0.05, 0) is 6.07 Å². The van der Waals surface area contributed by atoms with E-state index in [1.807, 2.05) is 0 Å². The molecule has 0 spiro atoms. The minimum Gasteiger partial charge on any atom is -0.619 e. The predicted molar refractivity (Wildman–Crippen MR) is 55.1 cm³/mol. The van der Waals surface area contributed by atoms with Crippen LogP contribution in [0.4, 0.5) is 0 Å². The summed E-state index contributed by atoms with van der Waals surface area (Å²) in [5, 5.41) is 19.2. The van der Waals surface area contributed by atoms with Crippen molar-refractivity contribution in [3.05, 3.63) is 35.3 Å². The van der Waals surface area contributed by atoms with Crippen LogP contribution in [0.3, 0.4) is 0 Å². The van der Waals surface area contributed by atoms with Gasteiger partial charge in [0.2, 0.25) is 0 Å². The summed E-state index contributed by atoms with van der Waals surface area (Å²) < 4.78 is 23.4. The Labute approximate surface area is 92.7 Å². The third-order valence-corrected chi connectivity index (χ3v) is 3.45. The number of rotatable bonds is 5. The van der Waals surface area contributed by atoms with Crippen molar-refractivity contribution in [2.45, 2.75) is 12.2 Å². The molecule has 0 fully saturated rings. The van der Waals surface area contributed by atoms with Crippen LogP contribution in [-0.4, -0.2) is 25.2 Å². The van der Waals surface area contributed by atoms with Gasteiger partial charge in [-0.15, -0.1) is 0 Å². The molecule has 0 aliphatic carbocycles. The minimum absolute atomic E-state index is 0.316. The van der Waals surface area contributed by atoms with Crippen LogP contribution in [0.1, 0.15) is 12.0 Å². The zero-order valence-electron chi connectivity index (χ0n) is 8.37. The Morgan fingerprint density at radius 1 is 1.50 bits per heavy atom. The molecule has 88 valence electrons. The highest BCUT2D eigenvalue weighted by Crippen LogP contribution is 2.05. The molecular weight excluding hydrogens is 234 g/mol. The van der Waals surface area contributed by atoms with Gasteiger partial charge in [-0.2, -0.15) is 4.73 Å². The molecule has 0 aliphatic heterocycles. The van der Waals surface area contributed by atoms with Crippen molar-refractivity contribution >= 4 is 15.8 Å². The van der Waals surface area contributed by atoms with Crippen molar-refractivity contribution in [2.24, 2.45) is 0 Å². The number of pyridine rings is 1. The number of aromatic nitrogens is 1. The van der Waals surface area contributed by atoms with E-state index >= 15 is 0 Å². The zero-order valence-corrected chi connectivity index (χ0v) is 9.18. The molecule has 0 bridgehead atoms. The largest absolute Gasteiger partial charge is 0.619 e. The Bertz CT molecular complexity index is 482. The summed E-state index contributed by atoms with van der Waals surface area (Å²) in [5.41, 5.74) is 0.350. The number of aliphatic carboxylic acids is 1. The maximum Gasteiger partial charge on any atom is 0.304 e. The van der Waals surface area contributed by atoms with Crippen molar-refractivity contribution in [1.82, 2.24) is 0 Å². The molecule has 0 saturated heterocycles. The number of carboxylic acid groups (broad SMARTS) is 1. The Hall–Kier alpha value is -1.63. The summed E-state index contributed by atoms with van der Waals surface area (Å²) in [7, 11) is -3.48. The fourth-order valence-corrected chi connectivity index (χ4v) is 2.46. The highest BCUT2D eigenvalue weighted by Gasteiger charge is 2.15. The maximum absolute atomic E-state index is 11.4. The van der Waals surface area contributed by atoms with E-state index in [0.29, 0.717) is 10.3 Å². The number of nitrogens with zero attached hydrogens (tertiary/aromatic N) is 1. The summed E-state index contributed by atoms with van der Waals surface area (Å²) in [5.74, 6) is -1.89. The lowest BCUT2D eigenvalue weighted by Gasteiger charge is -2.02. The normalized spacial score (nSPS) is 11.2. The molecule has 0 radical (unpaired) electrons. The smallest absolute Gasteiger partial charge is 0.304 e. The molecule has 1 aromatic heterocycles. The lowest BCUT2D eigenvalue weighted by atomic mass is 10.3. The Balaban J connectivity index is 2.69. The number of carboxylic acids is 1. The van der Waals surface area contributed by atoms with Gasteiger partial charge in [0.25, 0.3) is 0 Å². The molecule has 1 heterocycles. The molecule has 0 saturated carbocycles. The molecular formula is C9H11NO5S. The summed E-state index contributed by atoms with van der Waals surface area (Å²) in [6.45, 7) is 0. The van der Waals surface area contributed by atoms with Crippen molar-refractivity contribution in [1.29, 1.82) is 0 Å². The van der Waals surface area contributed by atoms with E-state index in [0.717, 1.165) is 6.20 Å². The Morgan fingerprint density at radius 2 is 2.19 bits per heavy atom. The van der Waals surface area contributed by atoms with Gasteiger partial charge >= 0.3 is 5.97 Å². The highest BCUT2D eigenvalue weighted by molar-refractivity contribution is 7.90. The summed E-state index contributed by atoms with van der Waals surface area (Å²) in [4.78, 5) is 10.2. The number of hydrogen-bond donors (Lipinski definition) is 1. The molecule has 1 N–H and O–H groups in total. The first-order chi connectivity index (χ1) is 7.39. The van der Waals surface area contributed by atoms with Gasteiger partial charge in [-0.1, -0.05) is 0 Å². The van der Waals surface area contributed by atoms with Crippen molar-refractivity contribution < 1.29 is 23.0 Å². The second-order valence-electron chi connectivity index (χ2n) is 3.31. The maximum atomic E-state index is 11.4. The molecule has 0 aromatic carbocycles. The topological polar surface area (TPSA) is 98.4 Å². The van der Waals surface area contributed by atoms with E-state index in [2.05, 4.69) is 0 Å². The Kier molecular flexibility index (Phi) is 3.83. The molecule has 0 unspecified atom stereocenters. The highest BCUT2D eigenvalue weighted by atomic mass is 32.2. The van der Waals surface area contributed by atoms with Crippen LogP contribution in [-0.2, 0) is 20.4 Å². The van der Waals surface area contributed by atoms with E-state index in [4.69, 9.17) is 5.11 Å². The first-order valence-electron chi connectivity index (χ1n) is 4.49. The van der Waals surface area contributed by atoms with E-state index in [9.17, 15) is 18.4 Å². The van der Waals surface area contributed by atoms with Crippen LogP contribution in [0.5, 0.6) is 0 Å². The van der Waals surface area contributed by atoms with E-state index in [1.165, 1.54) is 18.3 Å². The van der Waals surface area contributed by atoms with Gasteiger partial charge in [0.15, 0.2) is 22.2 Å².